The van der Waals surface area contributed by atoms with Crippen LogP contribution in [0.2, 0.25) is 0 Å². The molecule has 1 heterocycles. The number of phenolic OH excluding ortho intramolecular Hbond substituents is 1. The molecule has 0 saturated heterocycles. The summed E-state index contributed by atoms with van der Waals surface area (Å²) in [4.78, 5) is 24.8. The number of furan rings is 1. The average Bonchev–Trinajstić information content (AvgIpc) is 3.13. The van der Waals surface area contributed by atoms with E-state index in [2.05, 4.69) is 0 Å². The van der Waals surface area contributed by atoms with Crippen LogP contribution in [0.5, 0.6) is 5.75 Å². The Morgan fingerprint density at radius 2 is 1.88 bits per heavy atom. The first-order valence-corrected chi connectivity index (χ1v) is 7.42. The van der Waals surface area contributed by atoms with E-state index in [9.17, 15) is 20.0 Å². The van der Waals surface area contributed by atoms with Crippen molar-refractivity contribution < 1.29 is 19.2 Å². The second kappa shape index (κ2) is 6.88. The van der Waals surface area contributed by atoms with Crippen molar-refractivity contribution in [1.29, 1.82) is 0 Å². The second-order valence-electron chi connectivity index (χ2n) is 5.29. The third kappa shape index (κ3) is 3.66. The Hall–Kier alpha value is -3.61. The minimum absolute atomic E-state index is 0.0736. The molecule has 3 rings (SSSR count). The minimum Gasteiger partial charge on any atom is -0.508 e. The molecule has 126 valence electrons. The van der Waals surface area contributed by atoms with Crippen molar-refractivity contribution in [3.63, 3.8) is 0 Å². The van der Waals surface area contributed by atoms with Crippen LogP contribution in [0.1, 0.15) is 16.1 Å². The predicted octanol–water partition coefficient (Wildman–Crippen LogP) is 3.74. The summed E-state index contributed by atoms with van der Waals surface area (Å²) in [5.41, 5.74) is 0.564. The lowest BCUT2D eigenvalue weighted by atomic mass is 10.1. The zero-order valence-corrected chi connectivity index (χ0v) is 13.0. The molecular weight excluding hydrogens is 324 g/mol. The fraction of sp³-hybridized carbons (Fsp3) is 0.0556. The lowest BCUT2D eigenvalue weighted by Gasteiger charge is -2.22. The number of phenols is 1. The molecule has 25 heavy (non-hydrogen) atoms. The quantitative estimate of drug-likeness (QED) is 0.564. The van der Waals surface area contributed by atoms with Gasteiger partial charge in [-0.2, -0.15) is 0 Å². The van der Waals surface area contributed by atoms with E-state index in [0.29, 0.717) is 11.4 Å². The standard InChI is InChI=1S/C18H14N2O5/c21-16-8-6-14(7-9-16)19(12-17-5-2-10-25-17)18(22)13-3-1-4-15(11-13)20(23)24/h1-11,21H,12H2. The van der Waals surface area contributed by atoms with Gasteiger partial charge in [0.15, 0.2) is 0 Å². The zero-order chi connectivity index (χ0) is 17.8. The maximum Gasteiger partial charge on any atom is 0.270 e. The van der Waals surface area contributed by atoms with E-state index < -0.39 is 10.8 Å². The highest BCUT2D eigenvalue weighted by atomic mass is 16.6. The number of non-ortho nitro benzene ring substituents is 1. The summed E-state index contributed by atoms with van der Waals surface area (Å²) >= 11 is 0. The Balaban J connectivity index is 1.98. The molecule has 1 aromatic heterocycles. The molecule has 0 radical (unpaired) electrons. The van der Waals surface area contributed by atoms with Gasteiger partial charge in [-0.05, 0) is 42.5 Å². The first kappa shape index (κ1) is 16.3. The molecule has 0 aliphatic rings. The molecule has 1 N–H and O–H groups in total. The monoisotopic (exact) mass is 338 g/mol. The van der Waals surface area contributed by atoms with E-state index in [1.165, 1.54) is 47.6 Å². The molecule has 3 aromatic rings. The van der Waals surface area contributed by atoms with Gasteiger partial charge in [0.05, 0.1) is 17.7 Å². The molecule has 0 atom stereocenters. The number of carbonyl (C=O) groups excluding carboxylic acids is 1. The highest BCUT2D eigenvalue weighted by molar-refractivity contribution is 6.06. The van der Waals surface area contributed by atoms with Crippen molar-refractivity contribution in [2.75, 3.05) is 4.90 Å². The summed E-state index contributed by atoms with van der Waals surface area (Å²) in [7, 11) is 0. The molecule has 0 aliphatic carbocycles. The molecule has 0 bridgehead atoms. The number of benzene rings is 2. The number of anilines is 1. The Morgan fingerprint density at radius 3 is 2.52 bits per heavy atom. The van der Waals surface area contributed by atoms with Crippen LogP contribution in [0.3, 0.4) is 0 Å². The Bertz CT molecular complexity index is 888. The molecule has 0 aliphatic heterocycles. The summed E-state index contributed by atoms with van der Waals surface area (Å²) in [6.45, 7) is 0.152. The molecule has 1 amide bonds. The largest absolute Gasteiger partial charge is 0.508 e. The second-order valence-corrected chi connectivity index (χ2v) is 5.29. The smallest absolute Gasteiger partial charge is 0.270 e. The number of nitrogens with zero attached hydrogens (tertiary/aromatic N) is 2. The van der Waals surface area contributed by atoms with Crippen LogP contribution in [-0.4, -0.2) is 15.9 Å². The number of carbonyl (C=O) groups is 1. The Morgan fingerprint density at radius 1 is 1.12 bits per heavy atom. The van der Waals surface area contributed by atoms with Gasteiger partial charge in [-0.25, -0.2) is 0 Å². The van der Waals surface area contributed by atoms with Crippen LogP contribution in [0, 0.1) is 10.1 Å². The molecule has 0 unspecified atom stereocenters. The Labute approximate surface area is 142 Å². The van der Waals surface area contributed by atoms with E-state index in [4.69, 9.17) is 4.42 Å². The first-order chi connectivity index (χ1) is 12.0. The topological polar surface area (TPSA) is 96.8 Å². The molecule has 7 nitrogen and oxygen atoms in total. The van der Waals surface area contributed by atoms with Gasteiger partial charge in [0, 0.05) is 23.4 Å². The third-order valence-electron chi connectivity index (χ3n) is 3.60. The fourth-order valence-electron chi connectivity index (χ4n) is 2.38. The van der Waals surface area contributed by atoms with Gasteiger partial charge in [-0.1, -0.05) is 6.07 Å². The van der Waals surface area contributed by atoms with Crippen LogP contribution in [0.4, 0.5) is 11.4 Å². The van der Waals surface area contributed by atoms with Gasteiger partial charge >= 0.3 is 0 Å². The highest BCUT2D eigenvalue weighted by Gasteiger charge is 2.21. The molecule has 0 fully saturated rings. The summed E-state index contributed by atoms with van der Waals surface area (Å²) in [5.74, 6) is 0.224. The highest BCUT2D eigenvalue weighted by Crippen LogP contribution is 2.24. The van der Waals surface area contributed by atoms with E-state index in [1.807, 2.05) is 0 Å². The van der Waals surface area contributed by atoms with E-state index in [0.717, 1.165) is 0 Å². The molecule has 0 spiro atoms. The maximum absolute atomic E-state index is 12.9. The lowest BCUT2D eigenvalue weighted by molar-refractivity contribution is -0.384. The molecule has 2 aromatic carbocycles. The van der Waals surface area contributed by atoms with Crippen molar-refractivity contribution in [3.8, 4) is 5.75 Å². The normalized spacial score (nSPS) is 10.4. The number of aromatic hydroxyl groups is 1. The number of hydrogen-bond donors (Lipinski definition) is 1. The predicted molar refractivity (Wildman–Crippen MR) is 90.4 cm³/mol. The molecular formula is C18H14N2O5. The summed E-state index contributed by atoms with van der Waals surface area (Å²) in [5, 5.41) is 20.4. The van der Waals surface area contributed by atoms with E-state index in [1.54, 1.807) is 24.3 Å². The van der Waals surface area contributed by atoms with Crippen molar-refractivity contribution in [1.82, 2.24) is 0 Å². The van der Waals surface area contributed by atoms with Gasteiger partial charge in [0.1, 0.15) is 11.5 Å². The van der Waals surface area contributed by atoms with Gasteiger partial charge in [0.25, 0.3) is 11.6 Å². The van der Waals surface area contributed by atoms with Gasteiger partial charge in [-0.3, -0.25) is 14.9 Å². The maximum atomic E-state index is 12.9. The number of amides is 1. The van der Waals surface area contributed by atoms with Crippen LogP contribution in [0.15, 0.2) is 71.3 Å². The molecule has 0 saturated carbocycles. The number of nitro groups is 1. The summed E-state index contributed by atoms with van der Waals surface area (Å²) in [6.07, 6.45) is 1.50. The zero-order valence-electron chi connectivity index (χ0n) is 13.0. The minimum atomic E-state index is -0.547. The SMILES string of the molecule is O=C(c1cccc([N+](=O)[O-])c1)N(Cc1ccco1)c1ccc(O)cc1. The van der Waals surface area contributed by atoms with Crippen LogP contribution >= 0.6 is 0 Å². The van der Waals surface area contributed by atoms with Crippen LogP contribution in [-0.2, 0) is 6.54 Å². The molecule has 7 heteroatoms. The lowest BCUT2D eigenvalue weighted by Crippen LogP contribution is -2.30. The third-order valence-corrected chi connectivity index (χ3v) is 3.60. The van der Waals surface area contributed by atoms with Gasteiger partial charge < -0.3 is 14.4 Å². The number of hydrogen-bond acceptors (Lipinski definition) is 5. The van der Waals surface area contributed by atoms with Gasteiger partial charge in [0.2, 0.25) is 0 Å². The van der Waals surface area contributed by atoms with Gasteiger partial charge in [-0.15, -0.1) is 0 Å². The number of nitro benzene ring substituents is 1. The van der Waals surface area contributed by atoms with Crippen molar-refractivity contribution in [2.45, 2.75) is 6.54 Å². The van der Waals surface area contributed by atoms with E-state index in [-0.39, 0.29) is 23.5 Å². The van der Waals surface area contributed by atoms with Crippen molar-refractivity contribution in [3.05, 3.63) is 88.4 Å². The number of rotatable bonds is 5. The Kier molecular flexibility index (Phi) is 4.47. The van der Waals surface area contributed by atoms with E-state index >= 15 is 0 Å². The summed E-state index contributed by atoms with van der Waals surface area (Å²) in [6, 6.07) is 15.1. The van der Waals surface area contributed by atoms with Crippen LogP contribution < -0.4 is 4.90 Å². The van der Waals surface area contributed by atoms with Crippen molar-refractivity contribution >= 4 is 17.3 Å². The average molecular weight is 338 g/mol. The van der Waals surface area contributed by atoms with Crippen molar-refractivity contribution in [2.24, 2.45) is 0 Å². The first-order valence-electron chi connectivity index (χ1n) is 7.42. The van der Waals surface area contributed by atoms with Crippen LogP contribution in [0.25, 0.3) is 0 Å². The summed E-state index contributed by atoms with van der Waals surface area (Å²) < 4.78 is 5.31. The fourth-order valence-corrected chi connectivity index (χ4v) is 2.38.